The summed E-state index contributed by atoms with van der Waals surface area (Å²) in [6.45, 7) is 5.62. The molecule has 0 aliphatic rings. The molecule has 0 saturated carbocycles. The zero-order valence-corrected chi connectivity index (χ0v) is 16.5. The molecule has 2 aromatic rings. The van der Waals surface area contributed by atoms with Crippen molar-refractivity contribution in [3.63, 3.8) is 0 Å². The van der Waals surface area contributed by atoms with Crippen molar-refractivity contribution in [3.8, 4) is 11.5 Å². The van der Waals surface area contributed by atoms with Gasteiger partial charge in [-0.2, -0.15) is 5.10 Å². The molecule has 0 fully saturated rings. The van der Waals surface area contributed by atoms with Gasteiger partial charge in [0.25, 0.3) is 5.91 Å². The Morgan fingerprint density at radius 3 is 2.92 bits per heavy atom. The number of amides is 1. The maximum Gasteiger partial charge on any atom is 0.280 e. The normalized spacial score (nSPS) is 11.8. The lowest BCUT2D eigenvalue weighted by Crippen LogP contribution is -2.33. The molecule has 2 rings (SSSR count). The number of hydrazone groups is 1. The summed E-state index contributed by atoms with van der Waals surface area (Å²) in [5.41, 5.74) is 3.16. The van der Waals surface area contributed by atoms with Gasteiger partial charge in [-0.25, -0.2) is 5.43 Å². The van der Waals surface area contributed by atoms with Crippen molar-refractivity contribution in [2.75, 3.05) is 6.61 Å². The number of hydrogen-bond acceptors (Lipinski definition) is 4. The van der Waals surface area contributed by atoms with E-state index in [4.69, 9.17) is 21.1 Å². The van der Waals surface area contributed by atoms with Crippen molar-refractivity contribution in [3.05, 3.63) is 70.2 Å². The van der Waals surface area contributed by atoms with Crippen LogP contribution in [0.4, 0.5) is 0 Å². The van der Waals surface area contributed by atoms with Crippen LogP contribution in [-0.4, -0.2) is 24.8 Å². The van der Waals surface area contributed by atoms with Crippen molar-refractivity contribution in [2.45, 2.75) is 13.0 Å². The molecule has 1 atom stereocenters. The minimum Gasteiger partial charge on any atom is -0.489 e. The highest BCUT2D eigenvalue weighted by Gasteiger charge is 2.14. The number of benzene rings is 2. The van der Waals surface area contributed by atoms with E-state index in [2.05, 4.69) is 33.0 Å². The van der Waals surface area contributed by atoms with Crippen LogP contribution in [0.1, 0.15) is 12.5 Å². The first-order chi connectivity index (χ1) is 12.5. The highest BCUT2D eigenvalue weighted by atomic mass is 79.9. The van der Waals surface area contributed by atoms with Crippen molar-refractivity contribution >= 4 is 39.7 Å². The number of hydrogen-bond donors (Lipinski definition) is 1. The predicted molar refractivity (Wildman–Crippen MR) is 107 cm³/mol. The minimum absolute atomic E-state index is 0.374. The zero-order valence-electron chi connectivity index (χ0n) is 14.1. The fraction of sp³-hybridized carbons (Fsp3) is 0.158. The number of nitrogens with zero attached hydrogens (tertiary/aromatic N) is 1. The molecule has 26 heavy (non-hydrogen) atoms. The third kappa shape index (κ3) is 6.20. The van der Waals surface area contributed by atoms with E-state index in [-0.39, 0.29) is 5.91 Å². The van der Waals surface area contributed by atoms with E-state index in [1.165, 1.54) is 6.21 Å². The van der Waals surface area contributed by atoms with Gasteiger partial charge in [0.2, 0.25) is 0 Å². The van der Waals surface area contributed by atoms with Gasteiger partial charge in [-0.1, -0.05) is 46.3 Å². The third-order valence-electron chi connectivity index (χ3n) is 3.19. The second-order valence-electron chi connectivity index (χ2n) is 5.23. The summed E-state index contributed by atoms with van der Waals surface area (Å²) >= 11 is 9.29. The molecule has 7 heteroatoms. The molecule has 0 aromatic heterocycles. The summed E-state index contributed by atoms with van der Waals surface area (Å²) < 4.78 is 12.0. The first kappa shape index (κ1) is 20.0. The average Bonchev–Trinajstić information content (AvgIpc) is 2.61. The molecule has 0 heterocycles. The molecule has 2 aromatic carbocycles. The molecule has 1 N–H and O–H groups in total. The zero-order chi connectivity index (χ0) is 18.9. The Hall–Kier alpha value is -2.31. The lowest BCUT2D eigenvalue weighted by Gasteiger charge is -2.13. The standard InChI is InChI=1S/C19H18BrClN2O3/c1-3-9-25-18-8-7-15(20)10-14(18)12-22-23-19(24)13(2)26-17-6-4-5-16(21)11-17/h3-8,10-13H,1,9H2,2H3,(H,23,24). The summed E-state index contributed by atoms with van der Waals surface area (Å²) in [6, 6.07) is 12.3. The Morgan fingerprint density at radius 2 is 2.19 bits per heavy atom. The monoisotopic (exact) mass is 436 g/mol. The molecule has 0 radical (unpaired) electrons. The van der Waals surface area contributed by atoms with Gasteiger partial charge in [0, 0.05) is 15.1 Å². The van der Waals surface area contributed by atoms with Gasteiger partial charge in [-0.3, -0.25) is 4.79 Å². The molecule has 1 amide bonds. The average molecular weight is 438 g/mol. The van der Waals surface area contributed by atoms with E-state index >= 15 is 0 Å². The lowest BCUT2D eigenvalue weighted by atomic mass is 10.2. The number of halogens is 2. The van der Waals surface area contributed by atoms with Gasteiger partial charge in [-0.05, 0) is 43.3 Å². The number of ether oxygens (including phenoxy) is 2. The lowest BCUT2D eigenvalue weighted by molar-refractivity contribution is -0.127. The Morgan fingerprint density at radius 1 is 1.38 bits per heavy atom. The summed E-state index contributed by atoms with van der Waals surface area (Å²) in [6.07, 6.45) is 2.43. The summed E-state index contributed by atoms with van der Waals surface area (Å²) in [4.78, 5) is 12.1. The topological polar surface area (TPSA) is 59.9 Å². The van der Waals surface area contributed by atoms with Gasteiger partial charge >= 0.3 is 0 Å². The van der Waals surface area contributed by atoms with Crippen molar-refractivity contribution < 1.29 is 14.3 Å². The van der Waals surface area contributed by atoms with E-state index < -0.39 is 6.10 Å². The Kier molecular flexibility index (Phi) is 7.69. The molecule has 1 unspecified atom stereocenters. The molecule has 0 aliphatic carbocycles. The largest absolute Gasteiger partial charge is 0.489 e. The number of rotatable bonds is 8. The first-order valence-corrected chi connectivity index (χ1v) is 8.95. The molecule has 0 saturated heterocycles. The summed E-state index contributed by atoms with van der Waals surface area (Å²) in [5, 5.41) is 4.51. The fourth-order valence-electron chi connectivity index (χ4n) is 1.95. The highest BCUT2D eigenvalue weighted by Crippen LogP contribution is 2.22. The summed E-state index contributed by atoms with van der Waals surface area (Å²) in [5.74, 6) is 0.760. The van der Waals surface area contributed by atoms with Crippen LogP contribution in [-0.2, 0) is 4.79 Å². The maximum atomic E-state index is 12.1. The maximum absolute atomic E-state index is 12.1. The van der Waals surface area contributed by atoms with E-state index in [1.54, 1.807) is 37.3 Å². The van der Waals surface area contributed by atoms with Gasteiger partial charge < -0.3 is 9.47 Å². The molecule has 0 aliphatic heterocycles. The number of carbonyl (C=O) groups excluding carboxylic acids is 1. The summed E-state index contributed by atoms with van der Waals surface area (Å²) in [7, 11) is 0. The first-order valence-electron chi connectivity index (χ1n) is 7.78. The van der Waals surface area contributed by atoms with E-state index in [9.17, 15) is 4.79 Å². The van der Waals surface area contributed by atoms with Gasteiger partial charge in [0.1, 0.15) is 18.1 Å². The van der Waals surface area contributed by atoms with E-state index in [0.29, 0.717) is 28.7 Å². The minimum atomic E-state index is -0.732. The van der Waals surface area contributed by atoms with Crippen molar-refractivity contribution in [1.29, 1.82) is 0 Å². The van der Waals surface area contributed by atoms with Crippen LogP contribution in [0.25, 0.3) is 0 Å². The van der Waals surface area contributed by atoms with Crippen molar-refractivity contribution in [2.24, 2.45) is 5.10 Å². The van der Waals surface area contributed by atoms with Crippen LogP contribution in [0.15, 0.2) is 64.7 Å². The molecule has 0 bridgehead atoms. The second kappa shape index (κ2) is 9.99. The van der Waals surface area contributed by atoms with Gasteiger partial charge in [0.05, 0.1) is 6.21 Å². The number of nitrogens with one attached hydrogen (secondary N) is 1. The molecule has 136 valence electrons. The Balaban J connectivity index is 1.97. The predicted octanol–water partition coefficient (Wildman–Crippen LogP) is 4.58. The van der Waals surface area contributed by atoms with Crippen LogP contribution >= 0.6 is 27.5 Å². The van der Waals surface area contributed by atoms with Crippen LogP contribution in [0, 0.1) is 0 Å². The van der Waals surface area contributed by atoms with E-state index in [1.807, 2.05) is 18.2 Å². The Bertz CT molecular complexity index is 811. The quantitative estimate of drug-likeness (QED) is 0.373. The third-order valence-corrected chi connectivity index (χ3v) is 3.91. The van der Waals surface area contributed by atoms with E-state index in [0.717, 1.165) is 4.47 Å². The highest BCUT2D eigenvalue weighted by molar-refractivity contribution is 9.10. The second-order valence-corrected chi connectivity index (χ2v) is 6.59. The molecule has 5 nitrogen and oxygen atoms in total. The van der Waals surface area contributed by atoms with Gasteiger partial charge in [0.15, 0.2) is 6.10 Å². The fourth-order valence-corrected chi connectivity index (χ4v) is 2.51. The SMILES string of the molecule is C=CCOc1ccc(Br)cc1C=NNC(=O)C(C)Oc1cccc(Cl)c1. The van der Waals surface area contributed by atoms with Crippen LogP contribution < -0.4 is 14.9 Å². The van der Waals surface area contributed by atoms with Crippen molar-refractivity contribution in [1.82, 2.24) is 5.43 Å². The number of carbonyl (C=O) groups is 1. The van der Waals surface area contributed by atoms with Gasteiger partial charge in [-0.15, -0.1) is 0 Å². The smallest absolute Gasteiger partial charge is 0.280 e. The molecule has 0 spiro atoms. The molecular formula is C19H18BrClN2O3. The van der Waals surface area contributed by atoms with Crippen LogP contribution in [0.3, 0.4) is 0 Å². The van der Waals surface area contributed by atoms with Crippen LogP contribution in [0.2, 0.25) is 5.02 Å². The molecular weight excluding hydrogens is 420 g/mol. The van der Waals surface area contributed by atoms with Crippen LogP contribution in [0.5, 0.6) is 11.5 Å². The Labute approximate surface area is 165 Å².